The third kappa shape index (κ3) is 3.99. The largest absolute Gasteiger partial charge is 0.490 e. The molecule has 1 amide bonds. The van der Waals surface area contributed by atoms with Gasteiger partial charge in [0.25, 0.3) is 5.91 Å². The summed E-state index contributed by atoms with van der Waals surface area (Å²) in [6.45, 7) is 8.80. The zero-order valence-electron chi connectivity index (χ0n) is 16.1. The van der Waals surface area contributed by atoms with Gasteiger partial charge >= 0.3 is 0 Å². The molecular weight excluding hydrogens is 460 g/mol. The number of amides is 1. The van der Waals surface area contributed by atoms with Crippen molar-refractivity contribution in [2.45, 2.75) is 27.7 Å². The number of ether oxygens (including phenoxy) is 2. The maximum Gasteiger partial charge on any atom is 0.285 e. The highest BCUT2D eigenvalue weighted by atomic mass is 79.9. The molecular formula is C20H21BrN2O3S2. The van der Waals surface area contributed by atoms with E-state index in [0.717, 1.165) is 21.4 Å². The lowest BCUT2D eigenvalue weighted by atomic mass is 10.2. The van der Waals surface area contributed by atoms with Gasteiger partial charge in [0, 0.05) is 11.4 Å². The van der Waals surface area contributed by atoms with E-state index in [2.05, 4.69) is 15.9 Å². The van der Waals surface area contributed by atoms with E-state index in [0.29, 0.717) is 33.9 Å². The molecule has 0 N–H and O–H groups in total. The molecule has 1 saturated heterocycles. The number of thiocarbonyl (C=S) groups is 1. The molecule has 2 aromatic rings. The van der Waals surface area contributed by atoms with Gasteiger partial charge in [-0.1, -0.05) is 11.8 Å². The number of thioether (sulfide) groups is 1. The smallest absolute Gasteiger partial charge is 0.285 e. The zero-order valence-corrected chi connectivity index (χ0v) is 19.3. The molecule has 0 aliphatic carbocycles. The van der Waals surface area contributed by atoms with Crippen LogP contribution in [0, 0.1) is 13.8 Å². The monoisotopic (exact) mass is 480 g/mol. The van der Waals surface area contributed by atoms with Crippen LogP contribution in [-0.2, 0) is 4.79 Å². The lowest BCUT2D eigenvalue weighted by molar-refractivity contribution is -0.114. The second kappa shape index (κ2) is 8.71. The van der Waals surface area contributed by atoms with Crippen LogP contribution < -0.4 is 14.5 Å². The summed E-state index contributed by atoms with van der Waals surface area (Å²) in [5.74, 6) is 1.16. The third-order valence-electron chi connectivity index (χ3n) is 4.13. The number of carbonyl (C=O) groups is 1. The maximum atomic E-state index is 13.0. The number of hydrogen-bond donors (Lipinski definition) is 0. The Balaban J connectivity index is 1.98. The van der Waals surface area contributed by atoms with Gasteiger partial charge in [0.2, 0.25) is 0 Å². The molecule has 28 heavy (non-hydrogen) atoms. The van der Waals surface area contributed by atoms with Gasteiger partial charge in [0.15, 0.2) is 15.8 Å². The zero-order chi connectivity index (χ0) is 20.4. The standard InChI is InChI=1S/C20H21BrN2O3S2/c1-5-25-16-10-14(9-15(21)18(16)26-6-2)11-17-19(24)23(20(27)28-17)22-12(3)7-8-13(22)4/h7-11H,5-6H2,1-4H3/b17-11+. The Labute approximate surface area is 182 Å². The van der Waals surface area contributed by atoms with Crippen molar-refractivity contribution in [2.75, 3.05) is 18.2 Å². The van der Waals surface area contributed by atoms with Crippen LogP contribution in [0.4, 0.5) is 0 Å². The van der Waals surface area contributed by atoms with Gasteiger partial charge in [0.1, 0.15) is 0 Å². The van der Waals surface area contributed by atoms with Crippen LogP contribution >= 0.6 is 39.9 Å². The summed E-state index contributed by atoms with van der Waals surface area (Å²) in [6.07, 6.45) is 1.83. The predicted molar refractivity (Wildman–Crippen MR) is 122 cm³/mol. The molecule has 0 bridgehead atoms. The molecule has 148 valence electrons. The van der Waals surface area contributed by atoms with Crippen molar-refractivity contribution < 1.29 is 14.3 Å². The van der Waals surface area contributed by atoms with Crippen LogP contribution in [0.15, 0.2) is 33.6 Å². The van der Waals surface area contributed by atoms with Crippen molar-refractivity contribution in [3.05, 3.63) is 50.6 Å². The highest BCUT2D eigenvalue weighted by molar-refractivity contribution is 9.10. The Morgan fingerprint density at radius 3 is 2.39 bits per heavy atom. The molecule has 1 aromatic carbocycles. The number of aromatic nitrogens is 1. The molecule has 0 unspecified atom stereocenters. The van der Waals surface area contributed by atoms with Gasteiger partial charge in [-0.3, -0.25) is 9.47 Å². The fraction of sp³-hybridized carbons (Fsp3) is 0.300. The first-order valence-corrected chi connectivity index (χ1v) is 10.9. The second-order valence-corrected chi connectivity index (χ2v) is 8.65. The van der Waals surface area contributed by atoms with E-state index < -0.39 is 0 Å². The molecule has 1 aliphatic rings. The molecule has 1 aliphatic heterocycles. The first-order valence-electron chi connectivity index (χ1n) is 8.89. The highest BCUT2D eigenvalue weighted by Crippen LogP contribution is 2.39. The summed E-state index contributed by atoms with van der Waals surface area (Å²) in [7, 11) is 0. The third-order valence-corrected chi connectivity index (χ3v) is 6.00. The first kappa shape index (κ1) is 21.0. The Morgan fingerprint density at radius 1 is 1.14 bits per heavy atom. The topological polar surface area (TPSA) is 43.7 Å². The molecule has 0 radical (unpaired) electrons. The first-order chi connectivity index (χ1) is 13.4. The fourth-order valence-electron chi connectivity index (χ4n) is 2.98. The molecule has 0 spiro atoms. The van der Waals surface area contributed by atoms with Gasteiger partial charge in [-0.25, -0.2) is 0 Å². The average Bonchev–Trinajstić information content (AvgIpc) is 3.10. The molecule has 1 aromatic heterocycles. The summed E-state index contributed by atoms with van der Waals surface area (Å²) in [5, 5.41) is 1.55. The molecule has 3 rings (SSSR count). The van der Waals surface area contributed by atoms with Crippen LogP contribution in [0.3, 0.4) is 0 Å². The Bertz CT molecular complexity index is 949. The number of hydrogen-bond acceptors (Lipinski definition) is 5. The van der Waals surface area contributed by atoms with E-state index in [1.165, 1.54) is 11.8 Å². The lowest BCUT2D eigenvalue weighted by Gasteiger charge is -2.20. The SMILES string of the molecule is CCOc1cc(/C=C2/SC(=S)N(n3c(C)ccc3C)C2=O)cc(Br)c1OCC. The van der Waals surface area contributed by atoms with Crippen molar-refractivity contribution >= 4 is 56.2 Å². The number of rotatable bonds is 6. The molecule has 0 saturated carbocycles. The van der Waals surface area contributed by atoms with Gasteiger partial charge < -0.3 is 9.47 Å². The maximum absolute atomic E-state index is 13.0. The quantitative estimate of drug-likeness (QED) is 0.419. The van der Waals surface area contributed by atoms with E-state index in [1.807, 2.05) is 62.7 Å². The fourth-order valence-corrected chi connectivity index (χ4v) is 4.79. The van der Waals surface area contributed by atoms with Crippen molar-refractivity contribution in [1.29, 1.82) is 0 Å². The number of carbonyl (C=O) groups excluding carboxylic acids is 1. The Kier molecular flexibility index (Phi) is 6.52. The average molecular weight is 481 g/mol. The molecule has 8 heteroatoms. The van der Waals surface area contributed by atoms with Crippen LogP contribution in [-0.4, -0.2) is 28.1 Å². The summed E-state index contributed by atoms with van der Waals surface area (Å²) >= 11 is 10.3. The van der Waals surface area contributed by atoms with Gasteiger partial charge in [-0.2, -0.15) is 5.01 Å². The summed E-state index contributed by atoms with van der Waals surface area (Å²) < 4.78 is 14.5. The lowest BCUT2D eigenvalue weighted by Crippen LogP contribution is -2.39. The number of benzene rings is 1. The number of halogens is 1. The van der Waals surface area contributed by atoms with E-state index >= 15 is 0 Å². The Hall–Kier alpha value is -1.77. The summed E-state index contributed by atoms with van der Waals surface area (Å²) in [5.41, 5.74) is 2.75. The van der Waals surface area contributed by atoms with Gasteiger partial charge in [0.05, 0.1) is 22.6 Å². The van der Waals surface area contributed by atoms with E-state index in [4.69, 9.17) is 21.7 Å². The summed E-state index contributed by atoms with van der Waals surface area (Å²) in [6, 6.07) is 7.72. The number of nitrogens with zero attached hydrogens (tertiary/aromatic N) is 2. The number of aryl methyl sites for hydroxylation is 2. The van der Waals surface area contributed by atoms with E-state index in [-0.39, 0.29) is 5.91 Å². The Morgan fingerprint density at radius 2 is 1.79 bits per heavy atom. The predicted octanol–water partition coefficient (Wildman–Crippen LogP) is 5.20. The highest BCUT2D eigenvalue weighted by Gasteiger charge is 2.34. The van der Waals surface area contributed by atoms with E-state index in [1.54, 1.807) is 5.01 Å². The van der Waals surface area contributed by atoms with Crippen LogP contribution in [0.2, 0.25) is 0 Å². The van der Waals surface area contributed by atoms with Crippen molar-refractivity contribution in [3.8, 4) is 11.5 Å². The van der Waals surface area contributed by atoms with E-state index in [9.17, 15) is 4.79 Å². The van der Waals surface area contributed by atoms with Gasteiger partial charge in [-0.05, 0) is 91.7 Å². The van der Waals surface area contributed by atoms with Crippen molar-refractivity contribution in [3.63, 3.8) is 0 Å². The molecule has 0 atom stereocenters. The van der Waals surface area contributed by atoms with Crippen LogP contribution in [0.5, 0.6) is 11.5 Å². The normalized spacial score (nSPS) is 15.6. The minimum absolute atomic E-state index is 0.139. The second-order valence-electron chi connectivity index (χ2n) is 6.12. The van der Waals surface area contributed by atoms with Crippen LogP contribution in [0.25, 0.3) is 6.08 Å². The van der Waals surface area contributed by atoms with Crippen molar-refractivity contribution in [2.24, 2.45) is 0 Å². The molecule has 5 nitrogen and oxygen atoms in total. The minimum Gasteiger partial charge on any atom is -0.490 e. The molecule has 1 fully saturated rings. The van der Waals surface area contributed by atoms with Crippen molar-refractivity contribution in [1.82, 2.24) is 4.68 Å². The molecule has 2 heterocycles. The minimum atomic E-state index is -0.139. The van der Waals surface area contributed by atoms with Crippen LogP contribution in [0.1, 0.15) is 30.8 Å². The van der Waals surface area contributed by atoms with Gasteiger partial charge in [-0.15, -0.1) is 0 Å². The summed E-state index contributed by atoms with van der Waals surface area (Å²) in [4.78, 5) is 13.6.